The molecule has 0 atom stereocenters. The van der Waals surface area contributed by atoms with Crippen LogP contribution in [0.5, 0.6) is 0 Å². The van der Waals surface area contributed by atoms with Crippen molar-refractivity contribution in [1.29, 1.82) is 0 Å². The van der Waals surface area contributed by atoms with E-state index >= 15 is 0 Å². The molecule has 1 aliphatic rings. The van der Waals surface area contributed by atoms with Gasteiger partial charge >= 0.3 is 0 Å². The maximum absolute atomic E-state index is 5.18. The van der Waals surface area contributed by atoms with Gasteiger partial charge in [0, 0.05) is 19.7 Å². The second-order valence-corrected chi connectivity index (χ2v) is 6.57. The van der Waals surface area contributed by atoms with E-state index < -0.39 is 0 Å². The Kier molecular flexibility index (Phi) is 5.00. The van der Waals surface area contributed by atoms with Crippen LogP contribution in [0.4, 0.5) is 0 Å². The standard InChI is InChI=1S/C17H27NO/c1-17(2)9-7-16(8-10-17)18-12-14-5-4-6-15(11-14)13-19-3/h4-6,11,16,18H,7-10,12-13H2,1-3H3. The van der Waals surface area contributed by atoms with Gasteiger partial charge < -0.3 is 10.1 Å². The lowest BCUT2D eigenvalue weighted by molar-refractivity contribution is 0.184. The number of hydrogen-bond donors (Lipinski definition) is 1. The number of hydrogen-bond acceptors (Lipinski definition) is 2. The Bertz CT molecular complexity index is 390. The fourth-order valence-corrected chi connectivity index (χ4v) is 2.86. The van der Waals surface area contributed by atoms with E-state index in [1.54, 1.807) is 7.11 Å². The molecule has 1 aromatic rings. The molecule has 0 amide bonds. The summed E-state index contributed by atoms with van der Waals surface area (Å²) in [5, 5.41) is 3.70. The molecule has 106 valence electrons. The van der Waals surface area contributed by atoms with E-state index in [1.165, 1.54) is 36.8 Å². The lowest BCUT2D eigenvalue weighted by Gasteiger charge is -2.34. The summed E-state index contributed by atoms with van der Waals surface area (Å²) >= 11 is 0. The van der Waals surface area contributed by atoms with Crippen LogP contribution in [0.15, 0.2) is 24.3 Å². The Morgan fingerprint density at radius 3 is 2.58 bits per heavy atom. The third kappa shape index (κ3) is 4.63. The lowest BCUT2D eigenvalue weighted by atomic mass is 9.75. The highest BCUT2D eigenvalue weighted by Gasteiger charge is 2.26. The summed E-state index contributed by atoms with van der Waals surface area (Å²) in [4.78, 5) is 0. The monoisotopic (exact) mass is 261 g/mol. The number of nitrogens with one attached hydrogen (secondary N) is 1. The van der Waals surface area contributed by atoms with Gasteiger partial charge in [0.1, 0.15) is 0 Å². The smallest absolute Gasteiger partial charge is 0.0713 e. The van der Waals surface area contributed by atoms with Crippen molar-refractivity contribution in [2.24, 2.45) is 5.41 Å². The molecule has 0 aliphatic heterocycles. The molecule has 1 fully saturated rings. The first kappa shape index (κ1) is 14.5. The fraction of sp³-hybridized carbons (Fsp3) is 0.647. The second-order valence-electron chi connectivity index (χ2n) is 6.57. The summed E-state index contributed by atoms with van der Waals surface area (Å²) in [6.07, 6.45) is 5.30. The average molecular weight is 261 g/mol. The number of rotatable bonds is 5. The highest BCUT2D eigenvalue weighted by molar-refractivity contribution is 5.22. The van der Waals surface area contributed by atoms with Crippen molar-refractivity contribution in [2.75, 3.05) is 7.11 Å². The molecule has 19 heavy (non-hydrogen) atoms. The molecule has 0 aromatic heterocycles. The van der Waals surface area contributed by atoms with E-state index in [-0.39, 0.29) is 0 Å². The number of methoxy groups -OCH3 is 1. The van der Waals surface area contributed by atoms with Gasteiger partial charge in [0.05, 0.1) is 6.61 Å². The Balaban J connectivity index is 1.81. The SMILES string of the molecule is COCc1cccc(CNC2CCC(C)(C)CC2)c1. The summed E-state index contributed by atoms with van der Waals surface area (Å²) in [5.41, 5.74) is 3.17. The van der Waals surface area contributed by atoms with Crippen LogP contribution in [0.2, 0.25) is 0 Å². The predicted molar refractivity (Wildman–Crippen MR) is 80.0 cm³/mol. The molecule has 0 radical (unpaired) electrons. The molecule has 1 saturated carbocycles. The first-order chi connectivity index (χ1) is 9.09. The Morgan fingerprint density at radius 1 is 1.21 bits per heavy atom. The third-order valence-corrected chi connectivity index (χ3v) is 4.24. The topological polar surface area (TPSA) is 21.3 Å². The highest BCUT2D eigenvalue weighted by Crippen LogP contribution is 2.35. The zero-order valence-corrected chi connectivity index (χ0v) is 12.5. The maximum atomic E-state index is 5.18. The first-order valence-corrected chi connectivity index (χ1v) is 7.39. The largest absolute Gasteiger partial charge is 0.380 e. The molecule has 1 aliphatic carbocycles. The van der Waals surface area contributed by atoms with Crippen LogP contribution in [0.25, 0.3) is 0 Å². The summed E-state index contributed by atoms with van der Waals surface area (Å²) in [7, 11) is 1.74. The van der Waals surface area contributed by atoms with E-state index in [4.69, 9.17) is 4.74 Å². The van der Waals surface area contributed by atoms with Crippen molar-refractivity contribution in [3.8, 4) is 0 Å². The number of ether oxygens (including phenoxy) is 1. The van der Waals surface area contributed by atoms with Crippen LogP contribution in [0.3, 0.4) is 0 Å². The molecule has 0 spiro atoms. The molecule has 0 bridgehead atoms. The van der Waals surface area contributed by atoms with Crippen LogP contribution >= 0.6 is 0 Å². The minimum absolute atomic E-state index is 0.552. The molecule has 1 aromatic carbocycles. The van der Waals surface area contributed by atoms with E-state index in [2.05, 4.69) is 43.4 Å². The van der Waals surface area contributed by atoms with Crippen LogP contribution in [-0.4, -0.2) is 13.2 Å². The zero-order chi connectivity index (χ0) is 13.7. The molecule has 0 heterocycles. The van der Waals surface area contributed by atoms with Crippen molar-refractivity contribution in [1.82, 2.24) is 5.32 Å². The minimum atomic E-state index is 0.552. The van der Waals surface area contributed by atoms with Gasteiger partial charge in [-0.25, -0.2) is 0 Å². The van der Waals surface area contributed by atoms with Gasteiger partial charge in [-0.15, -0.1) is 0 Å². The highest BCUT2D eigenvalue weighted by atomic mass is 16.5. The normalized spacial score (nSPS) is 19.5. The van der Waals surface area contributed by atoms with Crippen molar-refractivity contribution in [3.63, 3.8) is 0 Å². The van der Waals surface area contributed by atoms with Gasteiger partial charge in [0.25, 0.3) is 0 Å². The van der Waals surface area contributed by atoms with Crippen molar-refractivity contribution in [3.05, 3.63) is 35.4 Å². The molecule has 0 saturated heterocycles. The van der Waals surface area contributed by atoms with E-state index in [0.29, 0.717) is 18.1 Å². The average Bonchev–Trinajstić information content (AvgIpc) is 2.38. The number of benzene rings is 1. The fourth-order valence-electron chi connectivity index (χ4n) is 2.86. The van der Waals surface area contributed by atoms with E-state index in [1.807, 2.05) is 0 Å². The molecular formula is C17H27NO. The Hall–Kier alpha value is -0.860. The summed E-state index contributed by atoms with van der Waals surface area (Å²) in [6.45, 7) is 6.45. The molecular weight excluding hydrogens is 234 g/mol. The molecule has 1 N–H and O–H groups in total. The summed E-state index contributed by atoms with van der Waals surface area (Å²) in [5.74, 6) is 0. The second kappa shape index (κ2) is 6.53. The molecule has 2 rings (SSSR count). The van der Waals surface area contributed by atoms with E-state index in [9.17, 15) is 0 Å². The van der Waals surface area contributed by atoms with Crippen LogP contribution in [0.1, 0.15) is 50.7 Å². The molecule has 0 unspecified atom stereocenters. The first-order valence-electron chi connectivity index (χ1n) is 7.39. The molecule has 2 heteroatoms. The van der Waals surface area contributed by atoms with Crippen LogP contribution in [-0.2, 0) is 17.9 Å². The van der Waals surface area contributed by atoms with Gasteiger partial charge in [-0.1, -0.05) is 38.1 Å². The Labute approximate surface area is 117 Å². The van der Waals surface area contributed by atoms with Crippen molar-refractivity contribution < 1.29 is 4.74 Å². The maximum Gasteiger partial charge on any atom is 0.0713 e. The van der Waals surface area contributed by atoms with Crippen molar-refractivity contribution in [2.45, 2.75) is 58.7 Å². The van der Waals surface area contributed by atoms with Crippen LogP contribution < -0.4 is 5.32 Å². The summed E-state index contributed by atoms with van der Waals surface area (Å²) < 4.78 is 5.18. The van der Waals surface area contributed by atoms with Gasteiger partial charge in [-0.2, -0.15) is 0 Å². The van der Waals surface area contributed by atoms with Gasteiger partial charge in [-0.05, 0) is 42.2 Å². The van der Waals surface area contributed by atoms with Gasteiger partial charge in [0.2, 0.25) is 0 Å². The van der Waals surface area contributed by atoms with Gasteiger partial charge in [0.15, 0.2) is 0 Å². The Morgan fingerprint density at radius 2 is 1.89 bits per heavy atom. The van der Waals surface area contributed by atoms with E-state index in [0.717, 1.165) is 6.54 Å². The third-order valence-electron chi connectivity index (χ3n) is 4.24. The van der Waals surface area contributed by atoms with Crippen molar-refractivity contribution >= 4 is 0 Å². The van der Waals surface area contributed by atoms with Gasteiger partial charge in [-0.3, -0.25) is 0 Å². The quantitative estimate of drug-likeness (QED) is 0.868. The summed E-state index contributed by atoms with van der Waals surface area (Å²) in [6, 6.07) is 9.37. The minimum Gasteiger partial charge on any atom is -0.380 e. The molecule has 2 nitrogen and oxygen atoms in total. The van der Waals surface area contributed by atoms with Crippen LogP contribution in [0, 0.1) is 5.41 Å². The lowest BCUT2D eigenvalue weighted by Crippen LogP contribution is -2.35. The predicted octanol–water partition coefficient (Wildman–Crippen LogP) is 3.89. The zero-order valence-electron chi connectivity index (χ0n) is 12.5.